The lowest BCUT2D eigenvalue weighted by molar-refractivity contribution is 0.0702. The van der Waals surface area contributed by atoms with Crippen LogP contribution in [-0.2, 0) is 10.0 Å². The van der Waals surface area contributed by atoms with Gasteiger partial charge < -0.3 is 5.11 Å². The molecule has 0 atom stereocenters. The average molecular weight is 309 g/mol. The van der Waals surface area contributed by atoms with E-state index >= 15 is 0 Å². The van der Waals surface area contributed by atoms with Crippen molar-refractivity contribution in [3.8, 4) is 0 Å². The summed E-state index contributed by atoms with van der Waals surface area (Å²) in [6.07, 6.45) is 2.47. The van der Waals surface area contributed by atoms with Crippen molar-refractivity contribution in [1.29, 1.82) is 0 Å². The Balaban J connectivity index is 0.00000162. The number of carboxylic acid groups (broad SMARTS) is 1. The van der Waals surface area contributed by atoms with E-state index in [1.165, 1.54) is 18.3 Å². The number of nitrogens with one attached hydrogen (secondary N) is 1. The maximum Gasteiger partial charge on any atom is 0.345 e. The van der Waals surface area contributed by atoms with Gasteiger partial charge in [0.1, 0.15) is 10.7 Å². The number of carboxylic acids is 1. The van der Waals surface area contributed by atoms with E-state index in [1.807, 2.05) is 0 Å². The SMILES string of the molecule is CS(=O)(=O)Nc1cc2cc(C(=O)O)sc2cn1.Cl. The van der Waals surface area contributed by atoms with Gasteiger partial charge in [-0.05, 0) is 17.5 Å². The third-order valence-corrected chi connectivity index (χ3v) is 3.56. The van der Waals surface area contributed by atoms with Gasteiger partial charge in [-0.15, -0.1) is 23.7 Å². The van der Waals surface area contributed by atoms with E-state index in [4.69, 9.17) is 5.11 Å². The number of hydrogen-bond acceptors (Lipinski definition) is 5. The molecule has 0 radical (unpaired) electrons. The molecule has 2 aromatic rings. The second-order valence-electron chi connectivity index (χ2n) is 3.40. The van der Waals surface area contributed by atoms with Gasteiger partial charge in [-0.1, -0.05) is 0 Å². The van der Waals surface area contributed by atoms with Crippen molar-refractivity contribution >= 4 is 55.6 Å². The van der Waals surface area contributed by atoms with E-state index in [0.29, 0.717) is 10.1 Å². The fraction of sp³-hybridized carbons (Fsp3) is 0.111. The minimum Gasteiger partial charge on any atom is -0.477 e. The predicted octanol–water partition coefficient (Wildman–Crippen LogP) is 1.79. The molecule has 2 aromatic heterocycles. The number of halogens is 1. The van der Waals surface area contributed by atoms with E-state index < -0.39 is 16.0 Å². The molecule has 0 unspecified atom stereocenters. The fourth-order valence-corrected chi connectivity index (χ4v) is 2.64. The van der Waals surface area contributed by atoms with Crippen molar-refractivity contribution in [1.82, 2.24) is 4.98 Å². The number of anilines is 1. The number of fused-ring (bicyclic) bond motifs is 1. The van der Waals surface area contributed by atoms with Crippen LogP contribution in [0.25, 0.3) is 10.1 Å². The van der Waals surface area contributed by atoms with Gasteiger partial charge in [0, 0.05) is 6.20 Å². The number of aromatic nitrogens is 1. The van der Waals surface area contributed by atoms with E-state index in [0.717, 1.165) is 17.6 Å². The highest BCUT2D eigenvalue weighted by Crippen LogP contribution is 2.26. The summed E-state index contributed by atoms with van der Waals surface area (Å²) in [5.74, 6) is -0.835. The molecule has 0 saturated heterocycles. The third kappa shape index (κ3) is 3.31. The smallest absolute Gasteiger partial charge is 0.345 e. The summed E-state index contributed by atoms with van der Waals surface area (Å²) >= 11 is 1.09. The van der Waals surface area contributed by atoms with Gasteiger partial charge >= 0.3 is 5.97 Å². The van der Waals surface area contributed by atoms with Gasteiger partial charge in [-0.25, -0.2) is 18.2 Å². The first-order valence-electron chi connectivity index (χ1n) is 4.46. The Kier molecular flexibility index (Phi) is 4.15. The first-order valence-corrected chi connectivity index (χ1v) is 7.16. The molecular weight excluding hydrogens is 300 g/mol. The van der Waals surface area contributed by atoms with E-state index in [1.54, 1.807) is 0 Å². The molecule has 0 saturated carbocycles. The van der Waals surface area contributed by atoms with Gasteiger partial charge in [0.2, 0.25) is 10.0 Å². The largest absolute Gasteiger partial charge is 0.477 e. The lowest BCUT2D eigenvalue weighted by atomic mass is 10.3. The lowest BCUT2D eigenvalue weighted by Crippen LogP contribution is -2.10. The highest BCUT2D eigenvalue weighted by atomic mass is 35.5. The second kappa shape index (κ2) is 5.09. The summed E-state index contributed by atoms with van der Waals surface area (Å²) in [6, 6.07) is 2.98. The average Bonchev–Trinajstić information content (AvgIpc) is 2.57. The molecule has 0 amide bonds. The monoisotopic (exact) mass is 308 g/mol. The summed E-state index contributed by atoms with van der Waals surface area (Å²) in [5.41, 5.74) is 0. The number of aromatic carboxylic acids is 1. The molecule has 2 N–H and O–H groups in total. The Morgan fingerprint density at radius 1 is 1.44 bits per heavy atom. The Labute approximate surface area is 113 Å². The Morgan fingerprint density at radius 2 is 2.11 bits per heavy atom. The second-order valence-corrected chi connectivity index (χ2v) is 6.23. The molecule has 6 nitrogen and oxygen atoms in total. The van der Waals surface area contributed by atoms with E-state index in [9.17, 15) is 13.2 Å². The summed E-state index contributed by atoms with van der Waals surface area (Å²) in [5, 5.41) is 9.47. The minimum atomic E-state index is -3.38. The molecule has 0 aliphatic heterocycles. The number of carbonyl (C=O) groups is 1. The van der Waals surface area contributed by atoms with Gasteiger partial charge in [-0.2, -0.15) is 0 Å². The molecule has 0 aliphatic carbocycles. The highest BCUT2D eigenvalue weighted by molar-refractivity contribution is 7.92. The molecular formula is C9H9ClN2O4S2. The van der Waals surface area contributed by atoms with Crippen LogP contribution in [0.15, 0.2) is 18.3 Å². The molecule has 9 heteroatoms. The number of thiophene rings is 1. The molecule has 2 heterocycles. The molecule has 0 aliphatic rings. The van der Waals surface area contributed by atoms with Crippen LogP contribution in [0.4, 0.5) is 5.82 Å². The Morgan fingerprint density at radius 3 is 2.67 bits per heavy atom. The van der Waals surface area contributed by atoms with Crippen LogP contribution >= 0.6 is 23.7 Å². The van der Waals surface area contributed by atoms with Crippen LogP contribution in [0.5, 0.6) is 0 Å². The first-order chi connectivity index (χ1) is 7.85. The fourth-order valence-electron chi connectivity index (χ4n) is 1.30. The van der Waals surface area contributed by atoms with Crippen molar-refractivity contribution in [3.05, 3.63) is 23.2 Å². The van der Waals surface area contributed by atoms with Crippen LogP contribution in [0, 0.1) is 0 Å². The predicted molar refractivity (Wildman–Crippen MR) is 72.3 cm³/mol. The van der Waals surface area contributed by atoms with Gasteiger partial charge in [0.15, 0.2) is 0 Å². The van der Waals surface area contributed by atoms with E-state index in [2.05, 4.69) is 9.71 Å². The summed E-state index contributed by atoms with van der Waals surface area (Å²) in [6.45, 7) is 0. The third-order valence-electron chi connectivity index (χ3n) is 1.90. The zero-order valence-corrected chi connectivity index (χ0v) is 11.5. The zero-order valence-electron chi connectivity index (χ0n) is 9.08. The molecule has 0 fully saturated rings. The van der Waals surface area contributed by atoms with Crippen LogP contribution in [0.2, 0.25) is 0 Å². The van der Waals surface area contributed by atoms with Crippen molar-refractivity contribution < 1.29 is 18.3 Å². The number of nitrogens with zero attached hydrogens (tertiary/aromatic N) is 1. The number of hydrogen-bond donors (Lipinski definition) is 2. The maximum atomic E-state index is 11.0. The number of rotatable bonds is 3. The lowest BCUT2D eigenvalue weighted by Gasteiger charge is -2.01. The number of pyridine rings is 1. The zero-order chi connectivity index (χ0) is 12.6. The molecule has 0 bridgehead atoms. The highest BCUT2D eigenvalue weighted by Gasteiger charge is 2.10. The standard InChI is InChI=1S/C9H8N2O4S2.ClH/c1-17(14,15)11-8-3-5-2-6(9(12)13)16-7(5)4-10-8;/h2-4H,1H3,(H,10,11)(H,12,13);1H. The van der Waals surface area contributed by atoms with Crippen LogP contribution < -0.4 is 4.72 Å². The molecule has 2 rings (SSSR count). The minimum absolute atomic E-state index is 0. The molecule has 18 heavy (non-hydrogen) atoms. The van der Waals surface area contributed by atoms with Crippen LogP contribution in [0.1, 0.15) is 9.67 Å². The first kappa shape index (κ1) is 14.7. The quantitative estimate of drug-likeness (QED) is 0.901. The summed E-state index contributed by atoms with van der Waals surface area (Å²) in [7, 11) is -3.38. The number of sulfonamides is 1. The molecule has 0 aromatic carbocycles. The van der Waals surface area contributed by atoms with E-state index in [-0.39, 0.29) is 23.1 Å². The van der Waals surface area contributed by atoms with Crippen LogP contribution in [0.3, 0.4) is 0 Å². The Hall–Kier alpha value is -1.38. The van der Waals surface area contributed by atoms with Crippen LogP contribution in [-0.4, -0.2) is 30.7 Å². The summed E-state index contributed by atoms with van der Waals surface area (Å²) in [4.78, 5) is 14.8. The van der Waals surface area contributed by atoms with Gasteiger partial charge in [0.05, 0.1) is 11.0 Å². The molecule has 98 valence electrons. The topological polar surface area (TPSA) is 96.4 Å². The van der Waals surface area contributed by atoms with Gasteiger partial charge in [0.25, 0.3) is 0 Å². The van der Waals surface area contributed by atoms with Gasteiger partial charge in [-0.3, -0.25) is 4.72 Å². The van der Waals surface area contributed by atoms with Crippen molar-refractivity contribution in [3.63, 3.8) is 0 Å². The summed E-state index contributed by atoms with van der Waals surface area (Å²) < 4.78 is 24.9. The normalized spacial score (nSPS) is 10.9. The van der Waals surface area contributed by atoms with Crippen molar-refractivity contribution in [2.75, 3.05) is 11.0 Å². The maximum absolute atomic E-state index is 11.0. The molecule has 0 spiro atoms. The Bertz CT molecular complexity index is 696. The van der Waals surface area contributed by atoms with Crippen molar-refractivity contribution in [2.45, 2.75) is 0 Å². The van der Waals surface area contributed by atoms with Crippen molar-refractivity contribution in [2.24, 2.45) is 0 Å².